The average Bonchev–Trinajstić information content (AvgIpc) is 2.23. The number of carbonyl (C=O) groups is 2. The van der Waals surface area contributed by atoms with Crippen LogP contribution in [0.5, 0.6) is 0 Å². The van der Waals surface area contributed by atoms with Gasteiger partial charge in [0, 0.05) is 12.6 Å². The number of amides is 2. The minimum absolute atomic E-state index is 0.0987. The molecule has 3 atom stereocenters. The third-order valence-corrected chi connectivity index (χ3v) is 2.72. The Balaban J connectivity index is 4.52. The first-order chi connectivity index (χ1) is 8.65. The summed E-state index contributed by atoms with van der Waals surface area (Å²) in [4.78, 5) is 24.5. The number of carboxylic acids is 1. The molecule has 7 nitrogen and oxygen atoms in total. The molecule has 112 valence electrons. The first kappa shape index (κ1) is 17.7. The van der Waals surface area contributed by atoms with Crippen molar-refractivity contribution < 1.29 is 19.8 Å². The highest BCUT2D eigenvalue weighted by molar-refractivity contribution is 5.83. The van der Waals surface area contributed by atoms with Gasteiger partial charge in [0.05, 0.1) is 6.10 Å². The van der Waals surface area contributed by atoms with E-state index >= 15 is 0 Å². The average molecular weight is 275 g/mol. The molecule has 0 aliphatic rings. The number of likely N-dealkylation sites (N-methyl/N-ethyl adjacent to an activating group) is 1. The van der Waals surface area contributed by atoms with Gasteiger partial charge in [-0.05, 0) is 26.9 Å². The van der Waals surface area contributed by atoms with Crippen LogP contribution in [0, 0.1) is 5.92 Å². The number of rotatable bonds is 7. The van der Waals surface area contributed by atoms with Gasteiger partial charge in [0.15, 0.2) is 6.04 Å². The van der Waals surface area contributed by atoms with Crippen molar-refractivity contribution in [1.29, 1.82) is 0 Å². The molecule has 0 aromatic heterocycles. The van der Waals surface area contributed by atoms with Gasteiger partial charge in [-0.3, -0.25) is 0 Å². The summed E-state index contributed by atoms with van der Waals surface area (Å²) in [5.41, 5.74) is 0. The van der Waals surface area contributed by atoms with E-state index in [2.05, 4.69) is 10.6 Å². The number of aliphatic hydroxyl groups excluding tert-OH is 1. The summed E-state index contributed by atoms with van der Waals surface area (Å²) in [5.74, 6) is -1.05. The third-order valence-electron chi connectivity index (χ3n) is 2.72. The van der Waals surface area contributed by atoms with Gasteiger partial charge in [0.2, 0.25) is 0 Å². The summed E-state index contributed by atoms with van der Waals surface area (Å²) in [7, 11) is 3.79. The molecule has 0 saturated carbocycles. The number of hydrogen-bond donors (Lipinski definition) is 4. The number of aliphatic carboxylic acids is 1. The Hall–Kier alpha value is -1.34. The maximum Gasteiger partial charge on any atom is 0.328 e. The highest BCUT2D eigenvalue weighted by Crippen LogP contribution is 2.03. The maximum absolute atomic E-state index is 11.7. The number of hydrogen-bond acceptors (Lipinski definition) is 4. The molecule has 2 amide bonds. The van der Waals surface area contributed by atoms with Gasteiger partial charge in [-0.25, -0.2) is 9.59 Å². The predicted octanol–water partition coefficient (Wildman–Crippen LogP) is -0.294. The number of aliphatic hydroxyl groups is 1. The number of nitrogens with zero attached hydrogens (tertiary/aromatic N) is 1. The van der Waals surface area contributed by atoms with Crippen molar-refractivity contribution in [1.82, 2.24) is 15.5 Å². The van der Waals surface area contributed by atoms with E-state index in [9.17, 15) is 14.7 Å². The predicted molar refractivity (Wildman–Crippen MR) is 72.0 cm³/mol. The van der Waals surface area contributed by atoms with Crippen LogP contribution in [0.25, 0.3) is 0 Å². The second-order valence-corrected chi connectivity index (χ2v) is 5.29. The van der Waals surface area contributed by atoms with E-state index in [1.54, 1.807) is 0 Å². The molecule has 0 radical (unpaired) electrons. The van der Waals surface area contributed by atoms with Gasteiger partial charge in [-0.1, -0.05) is 13.8 Å². The Morgan fingerprint density at radius 1 is 1.16 bits per heavy atom. The first-order valence-electron chi connectivity index (χ1n) is 6.27. The minimum atomic E-state index is -1.31. The van der Waals surface area contributed by atoms with Crippen LogP contribution < -0.4 is 10.6 Å². The highest BCUT2D eigenvalue weighted by Gasteiger charge is 2.26. The first-order valence-corrected chi connectivity index (χ1v) is 6.27. The van der Waals surface area contributed by atoms with E-state index < -0.39 is 24.1 Å². The largest absolute Gasteiger partial charge is 0.480 e. The summed E-state index contributed by atoms with van der Waals surface area (Å²) in [5, 5.41) is 23.1. The molecular formula is C12H25N3O4. The zero-order valence-corrected chi connectivity index (χ0v) is 12.2. The van der Waals surface area contributed by atoms with Crippen molar-refractivity contribution in [3.05, 3.63) is 0 Å². The fourth-order valence-corrected chi connectivity index (χ4v) is 1.56. The highest BCUT2D eigenvalue weighted by atomic mass is 16.4. The molecule has 0 saturated heterocycles. The second-order valence-electron chi connectivity index (χ2n) is 5.29. The van der Waals surface area contributed by atoms with Crippen molar-refractivity contribution >= 4 is 12.0 Å². The van der Waals surface area contributed by atoms with Crippen LogP contribution in [-0.4, -0.2) is 65.9 Å². The molecule has 0 aliphatic heterocycles. The fourth-order valence-electron chi connectivity index (χ4n) is 1.56. The molecule has 3 unspecified atom stereocenters. The Morgan fingerprint density at radius 2 is 1.68 bits per heavy atom. The molecule has 0 bridgehead atoms. The number of nitrogens with one attached hydrogen (secondary N) is 2. The second kappa shape index (κ2) is 7.96. The summed E-state index contributed by atoms with van der Waals surface area (Å²) >= 11 is 0. The van der Waals surface area contributed by atoms with Crippen LogP contribution in [0.15, 0.2) is 0 Å². The number of urea groups is 1. The lowest BCUT2D eigenvalue weighted by molar-refractivity contribution is -0.141. The zero-order chi connectivity index (χ0) is 15.2. The molecule has 0 heterocycles. The lowest BCUT2D eigenvalue weighted by Crippen LogP contribution is -2.55. The third kappa shape index (κ3) is 6.97. The summed E-state index contributed by atoms with van der Waals surface area (Å²) in [6.07, 6.45) is -1.16. The van der Waals surface area contributed by atoms with Crippen molar-refractivity contribution in [2.75, 3.05) is 20.6 Å². The SMILES string of the molecule is CC(C)C(CN(C)C)NC(=O)NC(C(=O)O)C(C)O. The van der Waals surface area contributed by atoms with E-state index in [1.807, 2.05) is 32.8 Å². The van der Waals surface area contributed by atoms with Gasteiger partial charge in [-0.2, -0.15) is 0 Å². The van der Waals surface area contributed by atoms with Crippen LogP contribution in [0.3, 0.4) is 0 Å². The lowest BCUT2D eigenvalue weighted by atomic mass is 10.0. The van der Waals surface area contributed by atoms with E-state index in [-0.39, 0.29) is 12.0 Å². The van der Waals surface area contributed by atoms with Crippen molar-refractivity contribution in [2.45, 2.75) is 39.0 Å². The lowest BCUT2D eigenvalue weighted by Gasteiger charge is -2.27. The van der Waals surface area contributed by atoms with Crippen molar-refractivity contribution in [2.24, 2.45) is 5.92 Å². The van der Waals surface area contributed by atoms with Crippen LogP contribution in [-0.2, 0) is 4.79 Å². The molecular weight excluding hydrogens is 250 g/mol. The topological polar surface area (TPSA) is 102 Å². The molecule has 4 N–H and O–H groups in total. The Labute approximate surface area is 114 Å². The van der Waals surface area contributed by atoms with Crippen LogP contribution >= 0.6 is 0 Å². The number of carboxylic acid groups (broad SMARTS) is 1. The Morgan fingerprint density at radius 3 is 2.00 bits per heavy atom. The molecule has 0 aromatic carbocycles. The van der Waals surface area contributed by atoms with Crippen LogP contribution in [0.2, 0.25) is 0 Å². The van der Waals surface area contributed by atoms with E-state index in [1.165, 1.54) is 6.92 Å². The van der Waals surface area contributed by atoms with Crippen molar-refractivity contribution in [3.63, 3.8) is 0 Å². The molecule has 0 rings (SSSR count). The van der Waals surface area contributed by atoms with Gasteiger partial charge in [0.25, 0.3) is 0 Å². The molecule has 0 fully saturated rings. The van der Waals surface area contributed by atoms with E-state index in [0.717, 1.165) is 0 Å². The zero-order valence-electron chi connectivity index (χ0n) is 12.2. The van der Waals surface area contributed by atoms with Gasteiger partial charge in [0.1, 0.15) is 0 Å². The standard InChI is InChI=1S/C12H25N3O4/c1-7(2)9(6-15(4)5)13-12(19)14-10(8(3)16)11(17)18/h7-10,16H,6H2,1-5H3,(H,17,18)(H2,13,14,19). The Kier molecular flexibility index (Phi) is 7.40. The molecule has 0 aliphatic carbocycles. The molecule has 0 aromatic rings. The minimum Gasteiger partial charge on any atom is -0.480 e. The normalized spacial score (nSPS) is 16.0. The monoisotopic (exact) mass is 275 g/mol. The van der Waals surface area contributed by atoms with Gasteiger partial charge < -0.3 is 25.7 Å². The smallest absolute Gasteiger partial charge is 0.328 e. The summed E-state index contributed by atoms with van der Waals surface area (Å²) in [6.45, 7) is 5.91. The van der Waals surface area contributed by atoms with Crippen LogP contribution in [0.1, 0.15) is 20.8 Å². The van der Waals surface area contributed by atoms with Crippen LogP contribution in [0.4, 0.5) is 4.79 Å². The van der Waals surface area contributed by atoms with E-state index in [4.69, 9.17) is 5.11 Å². The summed E-state index contributed by atoms with van der Waals surface area (Å²) < 4.78 is 0. The van der Waals surface area contributed by atoms with Gasteiger partial charge in [-0.15, -0.1) is 0 Å². The van der Waals surface area contributed by atoms with Crippen molar-refractivity contribution in [3.8, 4) is 0 Å². The quantitative estimate of drug-likeness (QED) is 0.511. The van der Waals surface area contributed by atoms with Gasteiger partial charge >= 0.3 is 12.0 Å². The van der Waals surface area contributed by atoms with E-state index in [0.29, 0.717) is 6.54 Å². The molecule has 7 heteroatoms. The number of carbonyl (C=O) groups excluding carboxylic acids is 1. The maximum atomic E-state index is 11.7. The fraction of sp³-hybridized carbons (Fsp3) is 0.833. The summed E-state index contributed by atoms with van der Waals surface area (Å²) in [6, 6.07) is -2.00. The Bertz CT molecular complexity index is 305. The molecule has 0 spiro atoms. The molecule has 19 heavy (non-hydrogen) atoms.